The van der Waals surface area contributed by atoms with Gasteiger partial charge in [0.05, 0.1) is 19.8 Å². The summed E-state index contributed by atoms with van der Waals surface area (Å²) in [4.78, 5) is 11.7. The molecule has 5 rings (SSSR count). The van der Waals surface area contributed by atoms with E-state index in [-0.39, 0.29) is 18.2 Å². The lowest BCUT2D eigenvalue weighted by Crippen LogP contribution is -2.48. The van der Waals surface area contributed by atoms with Crippen LogP contribution in [0.2, 0.25) is 0 Å². The third kappa shape index (κ3) is 6.49. The number of methoxy groups -OCH3 is 1. The molecule has 0 unspecified atom stereocenters. The Hall–Kier alpha value is -2.37. The molecule has 0 amide bonds. The Balaban J connectivity index is 1.56. The summed E-state index contributed by atoms with van der Waals surface area (Å²) in [6.45, 7) is 7.58. The Morgan fingerprint density at radius 3 is 2.39 bits per heavy atom. The van der Waals surface area contributed by atoms with E-state index >= 15 is 0 Å². The van der Waals surface area contributed by atoms with Gasteiger partial charge in [0.1, 0.15) is 5.75 Å². The molecule has 196 valence electrons. The molecule has 4 fully saturated rings. The first kappa shape index (κ1) is 26.7. The van der Waals surface area contributed by atoms with E-state index in [0.717, 1.165) is 29.1 Å². The topological polar surface area (TPSA) is 54.0 Å². The van der Waals surface area contributed by atoms with E-state index in [1.165, 1.54) is 61.3 Å². The largest absolute Gasteiger partial charge is 0.467 e. The maximum atomic E-state index is 11.7. The molecule has 0 spiro atoms. The number of ether oxygens (including phenoxy) is 4. The van der Waals surface area contributed by atoms with Crippen LogP contribution in [-0.4, -0.2) is 39.7 Å². The molecule has 4 bridgehead atoms. The van der Waals surface area contributed by atoms with E-state index in [0.29, 0.717) is 19.8 Å². The average molecular weight is 495 g/mol. The van der Waals surface area contributed by atoms with Crippen LogP contribution in [0.1, 0.15) is 70.4 Å². The van der Waals surface area contributed by atoms with Crippen LogP contribution in [0.25, 0.3) is 5.57 Å². The first-order valence-corrected chi connectivity index (χ1v) is 13.5. The van der Waals surface area contributed by atoms with Gasteiger partial charge in [0.2, 0.25) is 0 Å². The van der Waals surface area contributed by atoms with E-state index in [1.54, 1.807) is 7.11 Å². The summed E-state index contributed by atoms with van der Waals surface area (Å²) in [6, 6.07) is 6.66. The maximum Gasteiger partial charge on any atom is 0.330 e. The first-order chi connectivity index (χ1) is 17.4. The van der Waals surface area contributed by atoms with Crippen LogP contribution in [0.15, 0.2) is 48.1 Å². The summed E-state index contributed by atoms with van der Waals surface area (Å²) in [5.41, 5.74) is 4.85. The van der Waals surface area contributed by atoms with Gasteiger partial charge in [-0.1, -0.05) is 24.3 Å². The predicted molar refractivity (Wildman–Crippen MR) is 143 cm³/mol. The molecule has 5 heteroatoms. The number of hydrogen-bond donors (Lipinski definition) is 0. The minimum Gasteiger partial charge on any atom is -0.467 e. The van der Waals surface area contributed by atoms with Crippen molar-refractivity contribution in [3.8, 4) is 5.75 Å². The minimum absolute atomic E-state index is 0.224. The second kappa shape index (κ2) is 12.2. The predicted octanol–water partition coefficient (Wildman–Crippen LogP) is 6.62. The van der Waals surface area contributed by atoms with Crippen molar-refractivity contribution >= 4 is 11.5 Å². The molecule has 5 nitrogen and oxygen atoms in total. The number of carbonyl (C=O) groups is 1. The Morgan fingerprint density at radius 2 is 1.75 bits per heavy atom. The summed E-state index contributed by atoms with van der Waals surface area (Å²) in [5, 5.41) is 0. The fraction of sp³-hybridized carbons (Fsp3) is 0.581. The molecule has 4 saturated carbocycles. The minimum atomic E-state index is -0.303. The Kier molecular flexibility index (Phi) is 9.08. The van der Waals surface area contributed by atoms with Crippen molar-refractivity contribution in [3.63, 3.8) is 0 Å². The van der Waals surface area contributed by atoms with E-state index in [4.69, 9.17) is 18.9 Å². The third-order valence-corrected chi connectivity index (χ3v) is 8.11. The fourth-order valence-electron chi connectivity index (χ4n) is 6.92. The normalized spacial score (nSPS) is 27.6. The monoisotopic (exact) mass is 494 g/mol. The summed E-state index contributed by atoms with van der Waals surface area (Å²) in [6.07, 6.45) is 15.7. The molecule has 1 aromatic carbocycles. The van der Waals surface area contributed by atoms with E-state index in [2.05, 4.69) is 31.2 Å². The molecule has 0 saturated heterocycles. The van der Waals surface area contributed by atoms with Crippen molar-refractivity contribution < 1.29 is 23.7 Å². The molecule has 0 aliphatic heterocycles. The third-order valence-electron chi connectivity index (χ3n) is 8.11. The number of carbonyl (C=O) groups excluding carboxylic acids is 1. The first-order valence-electron chi connectivity index (χ1n) is 13.5. The second-order valence-corrected chi connectivity index (χ2v) is 10.9. The van der Waals surface area contributed by atoms with Gasteiger partial charge >= 0.3 is 5.97 Å². The highest BCUT2D eigenvalue weighted by atomic mass is 16.7. The SMILES string of the molecule is CCOC(=O)C=C(C)C=CC=C(C)c1ccc(OCOCCOC)c(C23CC4CC(CC(C4)C2)C3)c1. The van der Waals surface area contributed by atoms with Gasteiger partial charge < -0.3 is 18.9 Å². The fourth-order valence-corrected chi connectivity index (χ4v) is 6.92. The van der Waals surface area contributed by atoms with Crippen LogP contribution in [0, 0.1) is 17.8 Å². The van der Waals surface area contributed by atoms with Gasteiger partial charge in [-0.15, -0.1) is 0 Å². The second-order valence-electron chi connectivity index (χ2n) is 10.9. The van der Waals surface area contributed by atoms with Gasteiger partial charge in [-0.3, -0.25) is 0 Å². The van der Waals surface area contributed by atoms with Gasteiger partial charge in [0, 0.05) is 18.7 Å². The van der Waals surface area contributed by atoms with Crippen LogP contribution >= 0.6 is 0 Å². The highest BCUT2D eigenvalue weighted by molar-refractivity contribution is 5.83. The van der Waals surface area contributed by atoms with Crippen LogP contribution in [0.5, 0.6) is 5.75 Å². The molecular weight excluding hydrogens is 452 g/mol. The molecule has 0 N–H and O–H groups in total. The van der Waals surface area contributed by atoms with Gasteiger partial charge in [-0.25, -0.2) is 4.79 Å². The number of hydrogen-bond acceptors (Lipinski definition) is 5. The van der Waals surface area contributed by atoms with Crippen molar-refractivity contribution in [1.29, 1.82) is 0 Å². The number of rotatable bonds is 12. The highest BCUT2D eigenvalue weighted by Gasteiger charge is 2.52. The van der Waals surface area contributed by atoms with E-state index < -0.39 is 0 Å². The Bertz CT molecular complexity index is 967. The molecule has 1 aromatic rings. The molecule has 4 aliphatic rings. The highest BCUT2D eigenvalue weighted by Crippen LogP contribution is 2.62. The van der Waals surface area contributed by atoms with Gasteiger partial charge in [-0.05, 0) is 111 Å². The van der Waals surface area contributed by atoms with Crippen molar-refractivity contribution in [3.05, 3.63) is 59.2 Å². The van der Waals surface area contributed by atoms with E-state index in [9.17, 15) is 4.79 Å². The number of allylic oxidation sites excluding steroid dienone is 5. The number of esters is 1. The quantitative estimate of drug-likeness (QED) is 0.107. The average Bonchev–Trinajstić information content (AvgIpc) is 2.83. The molecule has 36 heavy (non-hydrogen) atoms. The zero-order chi connectivity index (χ0) is 25.5. The standard InChI is InChI=1S/C31H42O5/c1-5-35-30(32)13-22(2)7-6-8-23(3)27-9-10-29(36-21-34-12-11-33-4)28(17-27)31-18-24-14-25(19-31)16-26(15-24)20-31/h6-10,13,17,24-26H,5,11-12,14-16,18-21H2,1-4H3. The molecule has 0 atom stereocenters. The van der Waals surface area contributed by atoms with Crippen molar-refractivity contribution in [1.82, 2.24) is 0 Å². The zero-order valence-corrected chi connectivity index (χ0v) is 22.4. The van der Waals surface area contributed by atoms with Crippen LogP contribution in [0.3, 0.4) is 0 Å². The molecule has 0 radical (unpaired) electrons. The van der Waals surface area contributed by atoms with Crippen LogP contribution < -0.4 is 4.74 Å². The van der Waals surface area contributed by atoms with Gasteiger partial charge in [-0.2, -0.15) is 0 Å². The summed E-state index contributed by atoms with van der Waals surface area (Å²) < 4.78 is 21.9. The van der Waals surface area contributed by atoms with Gasteiger partial charge in [0.25, 0.3) is 0 Å². The summed E-state index contributed by atoms with van der Waals surface area (Å²) >= 11 is 0. The smallest absolute Gasteiger partial charge is 0.330 e. The molecule has 0 heterocycles. The molecule has 0 aromatic heterocycles. The lowest BCUT2D eigenvalue weighted by molar-refractivity contribution is -0.137. The van der Waals surface area contributed by atoms with Gasteiger partial charge in [0.15, 0.2) is 6.79 Å². The summed E-state index contributed by atoms with van der Waals surface area (Å²) in [5.74, 6) is 3.25. The number of benzene rings is 1. The Morgan fingerprint density at radius 1 is 1.06 bits per heavy atom. The lowest BCUT2D eigenvalue weighted by atomic mass is 9.48. The van der Waals surface area contributed by atoms with E-state index in [1.807, 2.05) is 26.0 Å². The Labute approximate surface area is 216 Å². The van der Waals surface area contributed by atoms with Crippen molar-refractivity contribution in [2.75, 3.05) is 33.7 Å². The maximum absolute atomic E-state index is 11.7. The summed E-state index contributed by atoms with van der Waals surface area (Å²) in [7, 11) is 1.68. The van der Waals surface area contributed by atoms with Crippen LogP contribution in [-0.2, 0) is 24.4 Å². The molecular formula is C31H42O5. The van der Waals surface area contributed by atoms with Crippen molar-refractivity contribution in [2.24, 2.45) is 17.8 Å². The molecule has 4 aliphatic carbocycles. The zero-order valence-electron chi connectivity index (χ0n) is 22.4. The van der Waals surface area contributed by atoms with Crippen LogP contribution in [0.4, 0.5) is 0 Å². The van der Waals surface area contributed by atoms with Crippen molar-refractivity contribution in [2.45, 2.75) is 64.7 Å². The lowest BCUT2D eigenvalue weighted by Gasteiger charge is -2.57.